The molecule has 0 heterocycles. The topological polar surface area (TPSA) is 12.4 Å². The summed E-state index contributed by atoms with van der Waals surface area (Å²) in [7, 11) is 0. The van der Waals surface area contributed by atoms with Gasteiger partial charge < -0.3 is 0 Å². The average molecular weight is 151 g/mol. The van der Waals surface area contributed by atoms with E-state index in [1.165, 1.54) is 5.57 Å². The third-order valence-electron chi connectivity index (χ3n) is 1.53. The lowest BCUT2D eigenvalue weighted by Crippen LogP contribution is -1.82. The highest BCUT2D eigenvalue weighted by Crippen LogP contribution is 2.03. The van der Waals surface area contributed by atoms with Crippen molar-refractivity contribution in [1.29, 1.82) is 0 Å². The van der Waals surface area contributed by atoms with Gasteiger partial charge in [-0.15, -0.1) is 0 Å². The van der Waals surface area contributed by atoms with E-state index < -0.39 is 0 Å². The van der Waals surface area contributed by atoms with Gasteiger partial charge >= 0.3 is 0 Å². The van der Waals surface area contributed by atoms with E-state index in [9.17, 15) is 0 Å². The van der Waals surface area contributed by atoms with Crippen LogP contribution in [0.3, 0.4) is 0 Å². The van der Waals surface area contributed by atoms with Gasteiger partial charge in [-0.3, -0.25) is 4.99 Å². The van der Waals surface area contributed by atoms with Crippen LogP contribution in [-0.2, 0) is 0 Å². The molecule has 0 aliphatic rings. The molecule has 0 aliphatic heterocycles. The molecule has 0 aromatic carbocycles. The Labute approximate surface area is 69.5 Å². The van der Waals surface area contributed by atoms with Crippen molar-refractivity contribution in [2.24, 2.45) is 4.99 Å². The molecule has 11 heavy (non-hydrogen) atoms. The highest BCUT2D eigenvalue weighted by Gasteiger charge is 1.87. The Morgan fingerprint density at radius 1 is 1.55 bits per heavy atom. The fourth-order valence-electron chi connectivity index (χ4n) is 0.785. The number of hydrogen-bond acceptors (Lipinski definition) is 1. The summed E-state index contributed by atoms with van der Waals surface area (Å²) in [6.45, 7) is 9.81. The maximum Gasteiger partial charge on any atom is 0.0297 e. The zero-order valence-electron chi connectivity index (χ0n) is 7.72. The van der Waals surface area contributed by atoms with E-state index in [1.807, 2.05) is 13.1 Å². The molecule has 0 spiro atoms. The molecular weight excluding hydrogens is 134 g/mol. The van der Waals surface area contributed by atoms with Crippen LogP contribution in [0, 0.1) is 0 Å². The summed E-state index contributed by atoms with van der Waals surface area (Å²) >= 11 is 0. The van der Waals surface area contributed by atoms with Gasteiger partial charge in [-0.05, 0) is 20.3 Å². The first-order valence-electron chi connectivity index (χ1n) is 4.02. The van der Waals surface area contributed by atoms with E-state index in [0.717, 1.165) is 18.5 Å². The third-order valence-corrected chi connectivity index (χ3v) is 1.53. The number of nitrogens with zero attached hydrogens (tertiary/aromatic N) is 1. The van der Waals surface area contributed by atoms with Crippen LogP contribution < -0.4 is 0 Å². The SMILES string of the molecule is C=C(C)N=CC/C(=C\C)CC. The Morgan fingerprint density at radius 2 is 2.18 bits per heavy atom. The maximum atomic E-state index is 4.10. The van der Waals surface area contributed by atoms with Gasteiger partial charge in [0.1, 0.15) is 0 Å². The number of allylic oxidation sites excluding steroid dienone is 3. The number of hydrogen-bond donors (Lipinski definition) is 0. The molecule has 0 bridgehead atoms. The highest BCUT2D eigenvalue weighted by atomic mass is 14.7. The Morgan fingerprint density at radius 3 is 2.55 bits per heavy atom. The number of aliphatic imine (C=N–C) groups is 1. The minimum absolute atomic E-state index is 0.872. The maximum absolute atomic E-state index is 4.10. The quantitative estimate of drug-likeness (QED) is 0.431. The summed E-state index contributed by atoms with van der Waals surface area (Å²) in [5.74, 6) is 0. The van der Waals surface area contributed by atoms with E-state index >= 15 is 0 Å². The van der Waals surface area contributed by atoms with Crippen molar-refractivity contribution in [3.8, 4) is 0 Å². The molecule has 0 aromatic rings. The van der Waals surface area contributed by atoms with Gasteiger partial charge in [0.2, 0.25) is 0 Å². The second-order valence-electron chi connectivity index (χ2n) is 2.55. The molecule has 0 saturated heterocycles. The van der Waals surface area contributed by atoms with Crippen molar-refractivity contribution in [1.82, 2.24) is 0 Å². The summed E-state index contributed by atoms with van der Waals surface area (Å²) in [6, 6.07) is 0. The fourth-order valence-corrected chi connectivity index (χ4v) is 0.785. The van der Waals surface area contributed by atoms with Gasteiger partial charge in [-0.1, -0.05) is 25.2 Å². The van der Waals surface area contributed by atoms with E-state index in [2.05, 4.69) is 31.5 Å². The van der Waals surface area contributed by atoms with Crippen LogP contribution in [0.15, 0.2) is 28.9 Å². The molecule has 0 amide bonds. The van der Waals surface area contributed by atoms with E-state index in [4.69, 9.17) is 0 Å². The van der Waals surface area contributed by atoms with Crippen LogP contribution in [0.5, 0.6) is 0 Å². The van der Waals surface area contributed by atoms with Crippen LogP contribution in [0.2, 0.25) is 0 Å². The Balaban J connectivity index is 3.77. The Bertz CT molecular complexity index is 175. The van der Waals surface area contributed by atoms with Crippen molar-refractivity contribution in [3.63, 3.8) is 0 Å². The van der Waals surface area contributed by atoms with Crippen LogP contribution in [0.1, 0.15) is 33.6 Å². The lowest BCUT2D eigenvalue weighted by molar-refractivity contribution is 1.05. The predicted molar refractivity (Wildman–Crippen MR) is 52.0 cm³/mol. The summed E-state index contributed by atoms with van der Waals surface area (Å²) in [4.78, 5) is 4.10. The molecule has 62 valence electrons. The van der Waals surface area contributed by atoms with E-state index in [0.29, 0.717) is 0 Å². The van der Waals surface area contributed by atoms with Crippen molar-refractivity contribution in [2.75, 3.05) is 0 Å². The van der Waals surface area contributed by atoms with Crippen molar-refractivity contribution < 1.29 is 0 Å². The van der Waals surface area contributed by atoms with E-state index in [-0.39, 0.29) is 0 Å². The van der Waals surface area contributed by atoms with Crippen LogP contribution in [0.4, 0.5) is 0 Å². The van der Waals surface area contributed by atoms with Crippen LogP contribution >= 0.6 is 0 Å². The molecule has 0 saturated carbocycles. The molecule has 1 nitrogen and oxygen atoms in total. The molecule has 0 fully saturated rings. The molecule has 0 N–H and O–H groups in total. The number of rotatable bonds is 4. The molecular formula is C10H17N. The second kappa shape index (κ2) is 5.90. The lowest BCUT2D eigenvalue weighted by Gasteiger charge is -1.96. The standard InChI is InChI=1S/C10H17N/c1-5-10(6-2)7-8-11-9(3)4/h5,8H,3,6-7H2,1-2,4H3/b10-5-,11-8?. The summed E-state index contributed by atoms with van der Waals surface area (Å²) in [5.41, 5.74) is 2.30. The molecule has 0 aromatic heterocycles. The third kappa shape index (κ3) is 5.59. The molecule has 0 unspecified atom stereocenters. The van der Waals surface area contributed by atoms with Gasteiger partial charge in [0.25, 0.3) is 0 Å². The molecule has 1 heteroatoms. The highest BCUT2D eigenvalue weighted by molar-refractivity contribution is 5.62. The van der Waals surface area contributed by atoms with Crippen molar-refractivity contribution >= 4 is 6.21 Å². The first-order chi connectivity index (χ1) is 5.20. The van der Waals surface area contributed by atoms with Crippen LogP contribution in [0.25, 0.3) is 0 Å². The lowest BCUT2D eigenvalue weighted by atomic mass is 10.1. The Hall–Kier alpha value is -0.850. The summed E-state index contributed by atoms with van der Waals surface area (Å²) in [5, 5.41) is 0. The minimum atomic E-state index is 0.872. The molecule has 0 radical (unpaired) electrons. The largest absolute Gasteiger partial charge is 0.266 e. The van der Waals surface area contributed by atoms with Gasteiger partial charge in [0.15, 0.2) is 0 Å². The van der Waals surface area contributed by atoms with Gasteiger partial charge in [0.05, 0.1) is 0 Å². The van der Waals surface area contributed by atoms with E-state index in [1.54, 1.807) is 0 Å². The first-order valence-corrected chi connectivity index (χ1v) is 4.02. The molecule has 0 atom stereocenters. The average Bonchev–Trinajstić information content (AvgIpc) is 1.98. The minimum Gasteiger partial charge on any atom is -0.266 e. The fraction of sp³-hybridized carbons (Fsp3) is 0.500. The zero-order chi connectivity index (χ0) is 8.69. The molecule has 0 rings (SSSR count). The zero-order valence-corrected chi connectivity index (χ0v) is 7.72. The van der Waals surface area contributed by atoms with Crippen molar-refractivity contribution in [2.45, 2.75) is 33.6 Å². The van der Waals surface area contributed by atoms with Crippen LogP contribution in [-0.4, -0.2) is 6.21 Å². The summed E-state index contributed by atoms with van der Waals surface area (Å²) < 4.78 is 0. The Kier molecular flexibility index (Phi) is 5.44. The van der Waals surface area contributed by atoms with Crippen molar-refractivity contribution in [3.05, 3.63) is 23.9 Å². The first kappa shape index (κ1) is 10.2. The van der Waals surface area contributed by atoms with Gasteiger partial charge in [-0.2, -0.15) is 0 Å². The van der Waals surface area contributed by atoms with Gasteiger partial charge in [0, 0.05) is 18.3 Å². The molecule has 0 aliphatic carbocycles. The second-order valence-corrected chi connectivity index (χ2v) is 2.55. The van der Waals surface area contributed by atoms with Gasteiger partial charge in [-0.25, -0.2) is 0 Å². The predicted octanol–water partition coefficient (Wildman–Crippen LogP) is 3.34. The smallest absolute Gasteiger partial charge is 0.0297 e. The normalized spacial score (nSPS) is 12.5. The monoisotopic (exact) mass is 151 g/mol. The summed E-state index contributed by atoms with van der Waals surface area (Å²) in [6.07, 6.45) is 6.13.